The van der Waals surface area contributed by atoms with Crippen molar-refractivity contribution >= 4 is 0 Å². The van der Waals surface area contributed by atoms with E-state index in [0.29, 0.717) is 0 Å². The van der Waals surface area contributed by atoms with Gasteiger partial charge in [0.25, 0.3) is 0 Å². The minimum Gasteiger partial charge on any atom is -0.314 e. The van der Waals surface area contributed by atoms with Gasteiger partial charge in [-0.1, -0.05) is 91.9 Å². The lowest BCUT2D eigenvalue weighted by atomic mass is 9.90. The fraction of sp³-hybridized carbons (Fsp3) is 1.00. The molecule has 0 aliphatic carbocycles. The summed E-state index contributed by atoms with van der Waals surface area (Å²) in [5, 5.41) is 3.73. The van der Waals surface area contributed by atoms with E-state index in [1.54, 1.807) is 0 Å². The van der Waals surface area contributed by atoms with Gasteiger partial charge in [-0.25, -0.2) is 0 Å². The molecule has 0 rings (SSSR count). The normalized spacial score (nSPS) is 14.4. The molecule has 0 saturated carbocycles. The van der Waals surface area contributed by atoms with Gasteiger partial charge >= 0.3 is 0 Å². The van der Waals surface area contributed by atoms with Crippen LogP contribution >= 0.6 is 0 Å². The topological polar surface area (TPSA) is 12.0 Å². The molecule has 1 nitrogen and oxygen atoms in total. The lowest BCUT2D eigenvalue weighted by molar-refractivity contribution is 0.334. The van der Waals surface area contributed by atoms with Crippen LogP contribution in [0.15, 0.2) is 0 Å². The van der Waals surface area contributed by atoms with Gasteiger partial charge in [0, 0.05) is 6.04 Å². The molecule has 20 heavy (non-hydrogen) atoms. The summed E-state index contributed by atoms with van der Waals surface area (Å²) >= 11 is 0. The van der Waals surface area contributed by atoms with E-state index in [4.69, 9.17) is 0 Å². The van der Waals surface area contributed by atoms with E-state index in [-0.39, 0.29) is 0 Å². The van der Waals surface area contributed by atoms with Crippen LogP contribution in [0.4, 0.5) is 0 Å². The number of hydrogen-bond acceptors (Lipinski definition) is 1. The van der Waals surface area contributed by atoms with Crippen LogP contribution in [0.1, 0.15) is 105 Å². The fourth-order valence-electron chi connectivity index (χ4n) is 3.15. The van der Waals surface area contributed by atoms with Crippen molar-refractivity contribution in [1.82, 2.24) is 5.32 Å². The van der Waals surface area contributed by atoms with Gasteiger partial charge in [0.15, 0.2) is 0 Å². The smallest absolute Gasteiger partial charge is 0.00695 e. The summed E-state index contributed by atoms with van der Waals surface area (Å²) < 4.78 is 0. The van der Waals surface area contributed by atoms with E-state index in [1.165, 1.54) is 77.0 Å². The van der Waals surface area contributed by atoms with Gasteiger partial charge in [0.2, 0.25) is 0 Å². The van der Waals surface area contributed by atoms with Crippen molar-refractivity contribution in [3.05, 3.63) is 0 Å². The molecule has 1 heteroatoms. The SMILES string of the molecule is CCCCCCCCC(CC(CC)CCCC)NCC. The molecule has 0 radical (unpaired) electrons. The minimum atomic E-state index is 0.771. The first kappa shape index (κ1) is 20.0. The van der Waals surface area contributed by atoms with Crippen molar-refractivity contribution in [2.75, 3.05) is 6.54 Å². The Kier molecular flexibility index (Phi) is 15.3. The maximum Gasteiger partial charge on any atom is 0.00695 e. The number of hydrogen-bond donors (Lipinski definition) is 1. The monoisotopic (exact) mass is 283 g/mol. The largest absolute Gasteiger partial charge is 0.314 e. The van der Waals surface area contributed by atoms with E-state index >= 15 is 0 Å². The van der Waals surface area contributed by atoms with Gasteiger partial charge in [0.05, 0.1) is 0 Å². The molecule has 2 atom stereocenters. The summed E-state index contributed by atoms with van der Waals surface area (Å²) in [6.45, 7) is 10.4. The van der Waals surface area contributed by atoms with Gasteiger partial charge in [0.1, 0.15) is 0 Å². The Morgan fingerprint density at radius 2 is 1.35 bits per heavy atom. The zero-order valence-electron chi connectivity index (χ0n) is 14.8. The fourth-order valence-corrected chi connectivity index (χ4v) is 3.15. The molecule has 0 aromatic rings. The van der Waals surface area contributed by atoms with E-state index in [2.05, 4.69) is 33.0 Å². The number of nitrogens with one attached hydrogen (secondary N) is 1. The predicted octanol–water partition coefficient (Wildman–Crippen LogP) is 6.32. The molecule has 0 fully saturated rings. The van der Waals surface area contributed by atoms with Crippen molar-refractivity contribution < 1.29 is 0 Å². The second kappa shape index (κ2) is 15.4. The molecule has 122 valence electrons. The van der Waals surface area contributed by atoms with Crippen LogP contribution in [0.3, 0.4) is 0 Å². The summed E-state index contributed by atoms with van der Waals surface area (Å²) in [6, 6.07) is 0.771. The summed E-state index contributed by atoms with van der Waals surface area (Å²) in [6.07, 6.45) is 16.9. The first-order chi connectivity index (χ1) is 9.78. The Balaban J connectivity index is 3.83. The summed E-state index contributed by atoms with van der Waals surface area (Å²) in [4.78, 5) is 0. The third-order valence-electron chi connectivity index (χ3n) is 4.56. The quantitative estimate of drug-likeness (QED) is 0.347. The van der Waals surface area contributed by atoms with E-state index in [9.17, 15) is 0 Å². The Bertz CT molecular complexity index is 179. The summed E-state index contributed by atoms with van der Waals surface area (Å²) in [5.74, 6) is 0.944. The Morgan fingerprint density at radius 3 is 1.95 bits per heavy atom. The Labute approximate surface area is 129 Å². The van der Waals surface area contributed by atoms with Gasteiger partial charge in [-0.15, -0.1) is 0 Å². The standard InChI is InChI=1S/C19H41N/c1-5-9-11-12-13-14-16-19(20-8-4)17-18(7-3)15-10-6-2/h18-20H,5-17H2,1-4H3. The van der Waals surface area contributed by atoms with Gasteiger partial charge in [-0.2, -0.15) is 0 Å². The van der Waals surface area contributed by atoms with Crippen molar-refractivity contribution in [3.63, 3.8) is 0 Å². The summed E-state index contributed by atoms with van der Waals surface area (Å²) in [5.41, 5.74) is 0. The molecule has 0 aliphatic heterocycles. The Morgan fingerprint density at radius 1 is 0.700 bits per heavy atom. The second-order valence-electron chi connectivity index (χ2n) is 6.46. The third kappa shape index (κ3) is 11.8. The molecular formula is C19H41N. The second-order valence-corrected chi connectivity index (χ2v) is 6.46. The van der Waals surface area contributed by atoms with Crippen LogP contribution in [0.2, 0.25) is 0 Å². The third-order valence-corrected chi connectivity index (χ3v) is 4.56. The van der Waals surface area contributed by atoms with Gasteiger partial charge < -0.3 is 5.32 Å². The molecular weight excluding hydrogens is 242 g/mol. The zero-order valence-corrected chi connectivity index (χ0v) is 14.8. The first-order valence-corrected chi connectivity index (χ1v) is 9.51. The molecule has 0 bridgehead atoms. The highest BCUT2D eigenvalue weighted by atomic mass is 14.9. The average Bonchev–Trinajstić information content (AvgIpc) is 2.46. The minimum absolute atomic E-state index is 0.771. The average molecular weight is 284 g/mol. The summed E-state index contributed by atoms with van der Waals surface area (Å²) in [7, 11) is 0. The van der Waals surface area contributed by atoms with Crippen molar-refractivity contribution in [1.29, 1.82) is 0 Å². The molecule has 0 spiro atoms. The number of rotatable bonds is 15. The molecule has 0 aromatic carbocycles. The van der Waals surface area contributed by atoms with Crippen LogP contribution in [0, 0.1) is 5.92 Å². The molecule has 0 aliphatic rings. The molecule has 1 N–H and O–H groups in total. The van der Waals surface area contributed by atoms with Crippen LogP contribution in [0.5, 0.6) is 0 Å². The highest BCUT2D eigenvalue weighted by molar-refractivity contribution is 4.71. The van der Waals surface area contributed by atoms with Gasteiger partial charge in [-0.05, 0) is 25.3 Å². The highest BCUT2D eigenvalue weighted by Crippen LogP contribution is 2.21. The number of unbranched alkanes of at least 4 members (excludes halogenated alkanes) is 6. The molecule has 2 unspecified atom stereocenters. The van der Waals surface area contributed by atoms with Crippen molar-refractivity contribution in [3.8, 4) is 0 Å². The molecule has 0 saturated heterocycles. The lowest BCUT2D eigenvalue weighted by Crippen LogP contribution is -2.31. The molecule has 0 heterocycles. The van der Waals surface area contributed by atoms with Crippen LogP contribution in [0.25, 0.3) is 0 Å². The van der Waals surface area contributed by atoms with Crippen molar-refractivity contribution in [2.24, 2.45) is 5.92 Å². The van der Waals surface area contributed by atoms with Gasteiger partial charge in [-0.3, -0.25) is 0 Å². The van der Waals surface area contributed by atoms with Crippen LogP contribution in [-0.4, -0.2) is 12.6 Å². The van der Waals surface area contributed by atoms with Crippen LogP contribution in [-0.2, 0) is 0 Å². The maximum absolute atomic E-state index is 3.73. The van der Waals surface area contributed by atoms with E-state index < -0.39 is 0 Å². The molecule has 0 amide bonds. The van der Waals surface area contributed by atoms with E-state index in [0.717, 1.165) is 18.5 Å². The maximum atomic E-state index is 3.73. The lowest BCUT2D eigenvalue weighted by Gasteiger charge is -2.23. The first-order valence-electron chi connectivity index (χ1n) is 9.51. The highest BCUT2D eigenvalue weighted by Gasteiger charge is 2.14. The molecule has 0 aromatic heterocycles. The zero-order chi connectivity index (χ0) is 15.1. The van der Waals surface area contributed by atoms with Crippen LogP contribution < -0.4 is 5.32 Å². The van der Waals surface area contributed by atoms with E-state index in [1.807, 2.05) is 0 Å². The van der Waals surface area contributed by atoms with Crippen molar-refractivity contribution in [2.45, 2.75) is 111 Å². The predicted molar refractivity (Wildman–Crippen MR) is 93.4 cm³/mol. The Hall–Kier alpha value is -0.0400.